The second-order valence-electron chi connectivity index (χ2n) is 3.13. The van der Waals surface area contributed by atoms with Gasteiger partial charge in [-0.05, 0) is 12.6 Å². The summed E-state index contributed by atoms with van der Waals surface area (Å²) in [5, 5.41) is 0. The fraction of sp³-hybridized carbons (Fsp3) is 1.00. The zero-order valence-corrected chi connectivity index (χ0v) is 7.58. The highest BCUT2D eigenvalue weighted by molar-refractivity contribution is 6.76. The first-order valence-corrected chi connectivity index (χ1v) is 6.27. The number of rotatable bonds is 2. The molecule has 2 heteroatoms. The van der Waals surface area contributed by atoms with Crippen molar-refractivity contribution in [2.45, 2.75) is 32.5 Å². The summed E-state index contributed by atoms with van der Waals surface area (Å²) < 4.78 is 0. The third-order valence-electron chi connectivity index (χ3n) is 2.09. The van der Waals surface area contributed by atoms with Crippen LogP contribution in [0.4, 0.5) is 0 Å². The zero-order chi connectivity index (χ0) is 6.78. The molecule has 0 atom stereocenters. The van der Waals surface area contributed by atoms with Gasteiger partial charge >= 0.3 is 0 Å². The van der Waals surface area contributed by atoms with Crippen molar-refractivity contribution < 1.29 is 0 Å². The lowest BCUT2D eigenvalue weighted by Gasteiger charge is -2.25. The fourth-order valence-corrected chi connectivity index (χ4v) is 0.866. The third kappa shape index (κ3) is 1.97. The Hall–Kier alpha value is 0.177. The maximum absolute atomic E-state index is 3.38. The van der Waals surface area contributed by atoms with Gasteiger partial charge in [0.15, 0.2) is 0 Å². The van der Waals surface area contributed by atoms with Crippen LogP contribution >= 0.6 is 0 Å². The Bertz CT molecular complexity index is 68.9. The summed E-state index contributed by atoms with van der Waals surface area (Å²) in [6.45, 7) is 9.25. The number of nitrogens with one attached hydrogen (secondary N) is 1. The molecule has 0 aliphatic carbocycles. The quantitative estimate of drug-likeness (QED) is 0.564. The maximum Gasteiger partial charge on any atom is 0.121 e. The lowest BCUT2D eigenvalue weighted by molar-refractivity contribution is 0.948. The lowest BCUT2D eigenvalue weighted by Crippen LogP contribution is -2.44. The van der Waals surface area contributed by atoms with E-state index in [1.165, 1.54) is 0 Å². The first-order chi connectivity index (χ1) is 3.50. The Balaban J connectivity index is 3.71. The molecule has 0 unspecified atom stereocenters. The van der Waals surface area contributed by atoms with Gasteiger partial charge in [-0.3, -0.25) is 0 Å². The van der Waals surface area contributed by atoms with E-state index in [-0.39, 0.29) is 0 Å². The van der Waals surface area contributed by atoms with Crippen LogP contribution < -0.4 is 4.98 Å². The van der Waals surface area contributed by atoms with Gasteiger partial charge in [0.2, 0.25) is 0 Å². The Morgan fingerprint density at radius 3 is 1.62 bits per heavy atom. The summed E-state index contributed by atoms with van der Waals surface area (Å²) in [7, 11) is 1.06. The van der Waals surface area contributed by atoms with Crippen molar-refractivity contribution in [3.63, 3.8) is 0 Å². The average Bonchev–Trinajstić information content (AvgIpc) is 1.67. The Kier molecular flexibility index (Phi) is 2.70. The SMILES string of the molecule is CN[Si](C)(C)C(C)C. The molecule has 0 heterocycles. The molecule has 0 aromatic rings. The predicted molar refractivity (Wildman–Crippen MR) is 41.6 cm³/mol. The monoisotopic (exact) mass is 131 g/mol. The molecule has 0 fully saturated rings. The molecular weight excluding hydrogens is 114 g/mol. The highest BCUT2D eigenvalue weighted by Gasteiger charge is 2.21. The Morgan fingerprint density at radius 2 is 1.62 bits per heavy atom. The average molecular weight is 131 g/mol. The van der Waals surface area contributed by atoms with Crippen molar-refractivity contribution in [3.05, 3.63) is 0 Å². The highest BCUT2D eigenvalue weighted by atomic mass is 28.3. The van der Waals surface area contributed by atoms with Crippen LogP contribution in [0.25, 0.3) is 0 Å². The van der Waals surface area contributed by atoms with Crippen LogP contribution in [0.5, 0.6) is 0 Å². The molecule has 0 aliphatic heterocycles. The lowest BCUT2D eigenvalue weighted by atomic mass is 10.6. The van der Waals surface area contributed by atoms with E-state index < -0.39 is 8.24 Å². The summed E-state index contributed by atoms with van der Waals surface area (Å²) in [6.07, 6.45) is 0. The minimum Gasteiger partial charge on any atom is -0.340 e. The molecule has 8 heavy (non-hydrogen) atoms. The molecule has 0 aliphatic rings. The van der Waals surface area contributed by atoms with Crippen LogP contribution in [-0.4, -0.2) is 15.3 Å². The van der Waals surface area contributed by atoms with Gasteiger partial charge in [0, 0.05) is 0 Å². The van der Waals surface area contributed by atoms with E-state index in [1.54, 1.807) is 0 Å². The van der Waals surface area contributed by atoms with Crippen molar-refractivity contribution in [1.29, 1.82) is 0 Å². The summed E-state index contributed by atoms with van der Waals surface area (Å²) >= 11 is 0. The first-order valence-electron chi connectivity index (χ1n) is 3.19. The largest absolute Gasteiger partial charge is 0.340 e. The molecule has 0 amide bonds. The van der Waals surface area contributed by atoms with Crippen molar-refractivity contribution in [2.24, 2.45) is 0 Å². The van der Waals surface area contributed by atoms with E-state index in [2.05, 4.69) is 39.0 Å². The molecule has 1 N–H and O–H groups in total. The highest BCUT2D eigenvalue weighted by Crippen LogP contribution is 2.15. The molecule has 1 nitrogen and oxygen atoms in total. The predicted octanol–water partition coefficient (Wildman–Crippen LogP) is 1.82. The summed E-state index contributed by atoms with van der Waals surface area (Å²) in [6, 6.07) is 0. The summed E-state index contributed by atoms with van der Waals surface area (Å²) in [5.74, 6) is 0. The minimum atomic E-state index is -1.00. The summed E-state index contributed by atoms with van der Waals surface area (Å²) in [4.78, 5) is 3.38. The molecule has 0 bridgehead atoms. The van der Waals surface area contributed by atoms with Crippen molar-refractivity contribution in [1.82, 2.24) is 4.98 Å². The van der Waals surface area contributed by atoms with Gasteiger partial charge < -0.3 is 4.98 Å². The molecule has 0 spiro atoms. The number of hydrogen-bond donors (Lipinski definition) is 1. The van der Waals surface area contributed by atoms with Crippen LogP contribution in [-0.2, 0) is 0 Å². The van der Waals surface area contributed by atoms with Crippen molar-refractivity contribution in [2.75, 3.05) is 7.05 Å². The molecule has 0 aromatic heterocycles. The van der Waals surface area contributed by atoms with Crippen molar-refractivity contribution >= 4 is 8.24 Å². The topological polar surface area (TPSA) is 12.0 Å². The van der Waals surface area contributed by atoms with Crippen LogP contribution in [0.1, 0.15) is 13.8 Å². The van der Waals surface area contributed by atoms with Crippen LogP contribution in [0.15, 0.2) is 0 Å². The Morgan fingerprint density at radius 1 is 1.25 bits per heavy atom. The molecule has 0 saturated heterocycles. The van der Waals surface area contributed by atoms with Crippen LogP contribution in [0.2, 0.25) is 18.6 Å². The number of hydrogen-bond acceptors (Lipinski definition) is 1. The fourth-order valence-electron chi connectivity index (χ4n) is 0.289. The van der Waals surface area contributed by atoms with Gasteiger partial charge in [0.25, 0.3) is 0 Å². The van der Waals surface area contributed by atoms with Gasteiger partial charge in [-0.15, -0.1) is 0 Å². The van der Waals surface area contributed by atoms with E-state index >= 15 is 0 Å². The molecular formula is C6H17NSi. The zero-order valence-electron chi connectivity index (χ0n) is 6.58. The standard InChI is InChI=1S/C6H17NSi/c1-6(2)8(4,5)7-3/h6-7H,1-5H3. The Labute approximate surface area is 53.6 Å². The van der Waals surface area contributed by atoms with Crippen molar-refractivity contribution in [3.8, 4) is 0 Å². The minimum absolute atomic E-state index is 0.840. The smallest absolute Gasteiger partial charge is 0.121 e. The normalized spacial score (nSPS) is 12.8. The molecule has 50 valence electrons. The van der Waals surface area contributed by atoms with Gasteiger partial charge in [-0.1, -0.05) is 26.9 Å². The van der Waals surface area contributed by atoms with E-state index in [0.717, 1.165) is 5.54 Å². The van der Waals surface area contributed by atoms with E-state index in [0.29, 0.717) is 0 Å². The molecule has 0 rings (SSSR count). The second kappa shape index (κ2) is 2.64. The van der Waals surface area contributed by atoms with Crippen LogP contribution in [0, 0.1) is 0 Å². The van der Waals surface area contributed by atoms with Gasteiger partial charge in [0.1, 0.15) is 8.24 Å². The van der Waals surface area contributed by atoms with E-state index in [4.69, 9.17) is 0 Å². The summed E-state index contributed by atoms with van der Waals surface area (Å²) in [5.41, 5.74) is 0.840. The van der Waals surface area contributed by atoms with E-state index in [1.807, 2.05) is 0 Å². The van der Waals surface area contributed by atoms with Gasteiger partial charge in [0.05, 0.1) is 0 Å². The molecule has 0 saturated carbocycles. The first kappa shape index (κ1) is 8.18. The maximum atomic E-state index is 3.38. The van der Waals surface area contributed by atoms with Gasteiger partial charge in [-0.2, -0.15) is 0 Å². The second-order valence-corrected chi connectivity index (χ2v) is 8.22. The van der Waals surface area contributed by atoms with Crippen LogP contribution in [0.3, 0.4) is 0 Å². The van der Waals surface area contributed by atoms with Gasteiger partial charge in [-0.25, -0.2) is 0 Å². The van der Waals surface area contributed by atoms with E-state index in [9.17, 15) is 0 Å². The molecule has 0 aromatic carbocycles. The molecule has 0 radical (unpaired) electrons. The third-order valence-corrected chi connectivity index (χ3v) is 6.26.